The number of hydrazone groups is 1. The third kappa shape index (κ3) is 3.51. The fourth-order valence-corrected chi connectivity index (χ4v) is 5.01. The van der Waals surface area contributed by atoms with Crippen molar-refractivity contribution in [1.82, 2.24) is 15.0 Å². The first kappa shape index (κ1) is 21.0. The molecule has 0 spiro atoms. The Morgan fingerprint density at radius 2 is 1.69 bits per heavy atom. The van der Waals surface area contributed by atoms with Gasteiger partial charge in [-0.25, -0.2) is 5.01 Å². The number of carbonyl (C=O) groups is 1. The van der Waals surface area contributed by atoms with Gasteiger partial charge in [0.25, 0.3) is 5.56 Å². The fraction of sp³-hybridized carbons (Fsp3) is 0.103. The molecule has 3 aromatic carbocycles. The highest BCUT2D eigenvalue weighted by Crippen LogP contribution is 2.38. The Labute approximate surface area is 201 Å². The predicted molar refractivity (Wildman–Crippen MR) is 138 cm³/mol. The van der Waals surface area contributed by atoms with E-state index in [4.69, 9.17) is 5.10 Å². The molecule has 1 N–H and O–H groups in total. The fourth-order valence-electron chi connectivity index (χ4n) is 5.01. The van der Waals surface area contributed by atoms with Crippen molar-refractivity contribution in [2.45, 2.75) is 19.4 Å². The number of carbonyl (C=O) groups excluding carboxylic acids is 1. The van der Waals surface area contributed by atoms with E-state index in [9.17, 15) is 9.59 Å². The highest BCUT2D eigenvalue weighted by molar-refractivity contribution is 6.13. The van der Waals surface area contributed by atoms with Crippen LogP contribution < -0.4 is 5.56 Å². The number of pyridine rings is 2. The second kappa shape index (κ2) is 8.33. The summed E-state index contributed by atoms with van der Waals surface area (Å²) < 4.78 is 0. The molecule has 6 heteroatoms. The minimum Gasteiger partial charge on any atom is -0.321 e. The summed E-state index contributed by atoms with van der Waals surface area (Å²) in [5, 5.41) is 8.14. The average molecular weight is 459 g/mol. The van der Waals surface area contributed by atoms with E-state index in [1.165, 1.54) is 11.9 Å². The van der Waals surface area contributed by atoms with Crippen LogP contribution in [0.15, 0.2) is 101 Å². The second-order valence-electron chi connectivity index (χ2n) is 8.67. The van der Waals surface area contributed by atoms with Gasteiger partial charge in [-0.05, 0) is 17.7 Å². The molecular weight excluding hydrogens is 436 g/mol. The summed E-state index contributed by atoms with van der Waals surface area (Å²) in [4.78, 5) is 33.8. The maximum Gasteiger partial charge on any atom is 0.258 e. The smallest absolute Gasteiger partial charge is 0.258 e. The highest BCUT2D eigenvalue weighted by Gasteiger charge is 2.35. The highest BCUT2D eigenvalue weighted by atomic mass is 16.2. The molecule has 3 heterocycles. The van der Waals surface area contributed by atoms with Gasteiger partial charge in [-0.2, -0.15) is 5.10 Å². The number of hydrogen-bond donors (Lipinski definition) is 1. The van der Waals surface area contributed by atoms with Crippen molar-refractivity contribution in [2.24, 2.45) is 5.10 Å². The summed E-state index contributed by atoms with van der Waals surface area (Å²) >= 11 is 0. The number of aromatic amines is 1. The summed E-state index contributed by atoms with van der Waals surface area (Å²) in [6.45, 7) is 1.50. The van der Waals surface area contributed by atoms with Crippen LogP contribution in [0, 0.1) is 0 Å². The van der Waals surface area contributed by atoms with Crippen molar-refractivity contribution < 1.29 is 4.79 Å². The number of aromatic nitrogens is 2. The van der Waals surface area contributed by atoms with Gasteiger partial charge in [0, 0.05) is 47.0 Å². The van der Waals surface area contributed by atoms with Gasteiger partial charge in [-0.3, -0.25) is 14.6 Å². The summed E-state index contributed by atoms with van der Waals surface area (Å²) in [6.07, 6.45) is 2.17. The molecule has 1 amide bonds. The van der Waals surface area contributed by atoms with E-state index < -0.39 is 0 Å². The van der Waals surface area contributed by atoms with Gasteiger partial charge in [-0.1, -0.05) is 72.8 Å². The number of para-hydroxylation sites is 2. The maximum atomic E-state index is 13.5. The van der Waals surface area contributed by atoms with Crippen LogP contribution in [0.3, 0.4) is 0 Å². The molecule has 170 valence electrons. The van der Waals surface area contributed by atoms with Crippen molar-refractivity contribution in [3.05, 3.63) is 113 Å². The molecule has 1 aliphatic rings. The first-order valence-electron chi connectivity index (χ1n) is 11.5. The molecule has 0 bridgehead atoms. The molecule has 0 saturated carbocycles. The number of nitrogens with one attached hydrogen (secondary N) is 1. The Hall–Kier alpha value is -4.58. The van der Waals surface area contributed by atoms with Gasteiger partial charge in [-0.15, -0.1) is 0 Å². The first-order valence-corrected chi connectivity index (χ1v) is 11.5. The van der Waals surface area contributed by atoms with Crippen molar-refractivity contribution in [2.75, 3.05) is 0 Å². The summed E-state index contributed by atoms with van der Waals surface area (Å²) in [7, 11) is 0. The summed E-state index contributed by atoms with van der Waals surface area (Å²) in [5.41, 5.74) is 5.12. The minimum atomic E-state index is -0.351. The zero-order valence-electron chi connectivity index (χ0n) is 19.1. The van der Waals surface area contributed by atoms with Crippen molar-refractivity contribution >= 4 is 33.4 Å². The van der Waals surface area contributed by atoms with E-state index in [0.29, 0.717) is 17.7 Å². The van der Waals surface area contributed by atoms with Gasteiger partial charge in [0.1, 0.15) is 0 Å². The molecule has 1 unspecified atom stereocenters. The van der Waals surface area contributed by atoms with E-state index in [1.807, 2.05) is 84.9 Å². The van der Waals surface area contributed by atoms with E-state index in [-0.39, 0.29) is 17.5 Å². The monoisotopic (exact) mass is 458 g/mol. The van der Waals surface area contributed by atoms with Crippen molar-refractivity contribution in [1.29, 1.82) is 0 Å². The number of rotatable bonds is 3. The molecule has 6 rings (SSSR count). The zero-order chi connectivity index (χ0) is 23.9. The van der Waals surface area contributed by atoms with Crippen LogP contribution in [0.2, 0.25) is 0 Å². The van der Waals surface area contributed by atoms with Crippen LogP contribution in [0.4, 0.5) is 0 Å². The number of benzene rings is 3. The normalized spacial score (nSPS) is 15.5. The Bertz CT molecular complexity index is 1680. The van der Waals surface area contributed by atoms with Crippen molar-refractivity contribution in [3.8, 4) is 11.1 Å². The minimum absolute atomic E-state index is 0.184. The Kier molecular flexibility index (Phi) is 4.99. The quantitative estimate of drug-likeness (QED) is 0.391. The standard InChI is InChI=1S/C29H22N4O2/c1-18(34)33-25(22-14-7-11-20-12-8-16-30-28(20)22)17-24(32-33)27-26(19-9-3-2-4-10-19)21-13-5-6-15-23(21)31-29(27)35/h2-16,25H,17H2,1H3,(H,31,35). The first-order chi connectivity index (χ1) is 17.1. The van der Waals surface area contributed by atoms with Crippen LogP contribution in [-0.4, -0.2) is 26.6 Å². The van der Waals surface area contributed by atoms with Gasteiger partial charge in [0.2, 0.25) is 5.91 Å². The Balaban J connectivity index is 1.57. The number of nitrogens with zero attached hydrogens (tertiary/aromatic N) is 3. The van der Waals surface area contributed by atoms with Crippen molar-refractivity contribution in [3.63, 3.8) is 0 Å². The van der Waals surface area contributed by atoms with Gasteiger partial charge in [0.15, 0.2) is 0 Å². The molecule has 0 radical (unpaired) electrons. The van der Waals surface area contributed by atoms with Crippen LogP contribution in [0.25, 0.3) is 32.9 Å². The number of fused-ring (bicyclic) bond motifs is 2. The molecule has 35 heavy (non-hydrogen) atoms. The van der Waals surface area contributed by atoms with Gasteiger partial charge in [0.05, 0.1) is 22.8 Å². The van der Waals surface area contributed by atoms with Gasteiger partial charge >= 0.3 is 0 Å². The topological polar surface area (TPSA) is 78.4 Å². The maximum absolute atomic E-state index is 13.5. The predicted octanol–water partition coefficient (Wildman–Crippen LogP) is 5.44. The Morgan fingerprint density at radius 3 is 2.51 bits per heavy atom. The third-order valence-electron chi connectivity index (χ3n) is 6.53. The Morgan fingerprint density at radius 1 is 0.914 bits per heavy atom. The molecule has 1 aliphatic heterocycles. The molecule has 2 aromatic heterocycles. The summed E-state index contributed by atoms with van der Waals surface area (Å²) in [5.74, 6) is -0.184. The second-order valence-corrected chi connectivity index (χ2v) is 8.67. The molecule has 5 aromatic rings. The van der Waals surface area contributed by atoms with Crippen LogP contribution in [0.5, 0.6) is 0 Å². The van der Waals surface area contributed by atoms with Crippen LogP contribution >= 0.6 is 0 Å². The number of H-pyrrole nitrogens is 1. The SMILES string of the molecule is CC(=O)N1N=C(c2c(-c3ccccc3)c3ccccc3[nH]c2=O)CC1c1cccc2cccnc12. The lowest BCUT2D eigenvalue weighted by Crippen LogP contribution is -2.24. The molecule has 6 nitrogen and oxygen atoms in total. The summed E-state index contributed by atoms with van der Waals surface area (Å²) in [6, 6.07) is 27.1. The van der Waals surface area contributed by atoms with Gasteiger partial charge < -0.3 is 4.98 Å². The largest absolute Gasteiger partial charge is 0.321 e. The van der Waals surface area contributed by atoms with E-state index >= 15 is 0 Å². The lowest BCUT2D eigenvalue weighted by Gasteiger charge is -2.21. The van der Waals surface area contributed by atoms with E-state index in [2.05, 4.69) is 9.97 Å². The third-order valence-corrected chi connectivity index (χ3v) is 6.53. The zero-order valence-corrected chi connectivity index (χ0v) is 19.1. The number of amides is 1. The molecule has 0 saturated heterocycles. The molecule has 0 aliphatic carbocycles. The van der Waals surface area contributed by atoms with E-state index in [1.54, 1.807) is 6.20 Å². The average Bonchev–Trinajstić information content (AvgIpc) is 3.33. The molecular formula is C29H22N4O2. The van der Waals surface area contributed by atoms with E-state index in [0.717, 1.165) is 38.5 Å². The van der Waals surface area contributed by atoms with Crippen LogP contribution in [-0.2, 0) is 4.79 Å². The number of hydrogen-bond acceptors (Lipinski definition) is 4. The lowest BCUT2D eigenvalue weighted by atomic mass is 9.90. The van der Waals surface area contributed by atoms with Crippen LogP contribution in [0.1, 0.15) is 30.5 Å². The lowest BCUT2D eigenvalue weighted by molar-refractivity contribution is -0.130. The molecule has 0 fully saturated rings. The molecule has 1 atom stereocenters.